The Hall–Kier alpha value is -0.710. The van der Waals surface area contributed by atoms with E-state index in [1.807, 2.05) is 0 Å². The molecule has 0 N–H and O–H groups in total. The summed E-state index contributed by atoms with van der Waals surface area (Å²) in [6, 6.07) is 0. The van der Waals surface area contributed by atoms with Gasteiger partial charge in [-0.1, -0.05) is 0 Å². The minimum absolute atomic E-state index is 0.128. The van der Waals surface area contributed by atoms with Gasteiger partial charge in [-0.15, -0.1) is 0 Å². The van der Waals surface area contributed by atoms with Crippen molar-refractivity contribution in [1.29, 1.82) is 0 Å². The smallest absolute Gasteiger partial charge is 0.371 e. The van der Waals surface area contributed by atoms with E-state index in [4.69, 9.17) is 0 Å². The largest absolute Gasteiger partial charge is 0.460 e. The van der Waals surface area contributed by atoms with Gasteiger partial charge in [0.25, 0.3) is 0 Å². The molecule has 1 aliphatic heterocycles. The van der Waals surface area contributed by atoms with Crippen LogP contribution in [0.4, 0.5) is 39.5 Å². The normalized spacial score (nSPS) is 22.2. The lowest BCUT2D eigenvalue weighted by Crippen LogP contribution is -2.61. The summed E-state index contributed by atoms with van der Waals surface area (Å²) in [7, 11) is 0. The predicted octanol–water partition coefficient (Wildman–Crippen LogP) is 2.83. The zero-order valence-corrected chi connectivity index (χ0v) is 8.21. The fourth-order valence-electron chi connectivity index (χ4n) is 0.813. The maximum Gasteiger partial charge on any atom is 0.460 e. The monoisotopic (exact) mass is 292 g/mol. The van der Waals surface area contributed by atoms with Crippen molar-refractivity contribution in [2.45, 2.75) is 30.2 Å². The van der Waals surface area contributed by atoms with Crippen LogP contribution in [0, 0.1) is 0 Å². The summed E-state index contributed by atoms with van der Waals surface area (Å²) < 4.78 is 117. The second-order valence-electron chi connectivity index (χ2n) is 3.43. The van der Waals surface area contributed by atoms with Crippen molar-refractivity contribution in [3.63, 3.8) is 0 Å². The first kappa shape index (κ1) is 15.3. The van der Waals surface area contributed by atoms with Crippen LogP contribution in [-0.4, -0.2) is 43.4 Å². The molecular weight excluding hydrogens is 287 g/mol. The molecule has 0 bridgehead atoms. The molecule has 1 fully saturated rings. The van der Waals surface area contributed by atoms with Crippen LogP contribution in [0.15, 0.2) is 0 Å². The summed E-state index contributed by atoms with van der Waals surface area (Å²) in [6.45, 7) is -1.34. The Bertz CT molecular complexity index is 307. The lowest BCUT2D eigenvalue weighted by atomic mass is 10.1. The van der Waals surface area contributed by atoms with Gasteiger partial charge >= 0.3 is 24.1 Å². The number of hydrogen-bond acceptors (Lipinski definition) is 2. The lowest BCUT2D eigenvalue weighted by Gasteiger charge is -2.32. The molecule has 0 aliphatic carbocycles. The third-order valence-electron chi connectivity index (χ3n) is 1.97. The van der Waals surface area contributed by atoms with Crippen LogP contribution >= 0.6 is 0 Å². The van der Waals surface area contributed by atoms with Gasteiger partial charge in [0.2, 0.25) is 0 Å². The minimum Gasteiger partial charge on any atom is -0.371 e. The van der Waals surface area contributed by atoms with Crippen LogP contribution in [0.25, 0.3) is 0 Å². The molecular formula is C7H5F9O2. The Kier molecular flexibility index (Phi) is 3.54. The van der Waals surface area contributed by atoms with Crippen molar-refractivity contribution < 1.29 is 49.0 Å². The summed E-state index contributed by atoms with van der Waals surface area (Å²) in [5.74, 6) is -13.7. The number of alkyl halides is 9. The zero-order chi connectivity index (χ0) is 14.4. The van der Waals surface area contributed by atoms with Gasteiger partial charge < -0.3 is 9.47 Å². The number of hydrogen-bond donors (Lipinski definition) is 0. The molecule has 1 unspecified atom stereocenters. The molecule has 1 heterocycles. The number of ether oxygens (including phenoxy) is 2. The van der Waals surface area contributed by atoms with E-state index in [0.717, 1.165) is 0 Å². The molecule has 0 amide bonds. The van der Waals surface area contributed by atoms with Crippen molar-refractivity contribution in [2.24, 2.45) is 0 Å². The number of rotatable bonds is 5. The Labute approximate surface area is 93.6 Å². The first-order valence-electron chi connectivity index (χ1n) is 4.28. The molecule has 0 radical (unpaired) electrons. The first-order chi connectivity index (χ1) is 7.83. The van der Waals surface area contributed by atoms with E-state index in [9.17, 15) is 39.5 Å². The van der Waals surface area contributed by atoms with Crippen LogP contribution in [0.5, 0.6) is 0 Å². The van der Waals surface area contributed by atoms with E-state index in [-0.39, 0.29) is 6.61 Å². The maximum atomic E-state index is 12.6. The van der Waals surface area contributed by atoms with Gasteiger partial charge in [-0.2, -0.15) is 39.5 Å². The lowest BCUT2D eigenvalue weighted by molar-refractivity contribution is -0.444. The summed E-state index contributed by atoms with van der Waals surface area (Å²) in [6.07, 6.45) is -13.8. The predicted molar refractivity (Wildman–Crippen MR) is 36.6 cm³/mol. The Balaban J connectivity index is 2.87. The summed E-state index contributed by atoms with van der Waals surface area (Å²) in [5, 5.41) is 0. The Morgan fingerprint density at radius 2 is 1.33 bits per heavy atom. The SMILES string of the molecule is FC(F)(F)C(F)(F)C(F)(F)C(F)(F)OCC1CO1. The fourth-order valence-corrected chi connectivity index (χ4v) is 0.813. The average molecular weight is 292 g/mol. The van der Waals surface area contributed by atoms with E-state index in [2.05, 4.69) is 9.47 Å². The highest BCUT2D eigenvalue weighted by atomic mass is 19.4. The van der Waals surface area contributed by atoms with Gasteiger partial charge in [-0.05, 0) is 0 Å². The summed E-state index contributed by atoms with van der Waals surface area (Å²) in [5.41, 5.74) is 0. The van der Waals surface area contributed by atoms with Crippen LogP contribution in [0.1, 0.15) is 0 Å². The van der Waals surface area contributed by atoms with Gasteiger partial charge in [-0.25, -0.2) is 0 Å². The number of halogens is 9. The quantitative estimate of drug-likeness (QED) is 0.574. The van der Waals surface area contributed by atoms with Crippen LogP contribution in [-0.2, 0) is 9.47 Å². The molecule has 0 spiro atoms. The highest BCUT2D eigenvalue weighted by Crippen LogP contribution is 2.53. The molecule has 0 aromatic heterocycles. The zero-order valence-electron chi connectivity index (χ0n) is 8.21. The molecule has 1 saturated heterocycles. The topological polar surface area (TPSA) is 21.8 Å². The van der Waals surface area contributed by atoms with Crippen molar-refractivity contribution >= 4 is 0 Å². The van der Waals surface area contributed by atoms with Crippen molar-refractivity contribution in [2.75, 3.05) is 13.2 Å². The van der Waals surface area contributed by atoms with Gasteiger partial charge in [0.15, 0.2) is 0 Å². The molecule has 11 heteroatoms. The van der Waals surface area contributed by atoms with E-state index in [1.165, 1.54) is 0 Å². The molecule has 0 aromatic rings. The average Bonchev–Trinajstić information content (AvgIpc) is 2.95. The van der Waals surface area contributed by atoms with Gasteiger partial charge in [0.05, 0.1) is 13.2 Å². The van der Waals surface area contributed by atoms with Crippen molar-refractivity contribution in [3.8, 4) is 0 Å². The standard InChI is InChI=1S/C7H5F9O2/c8-4(9,6(12,13)14)5(10,11)7(15,16)18-2-3-1-17-3/h3H,1-2H2. The minimum atomic E-state index is -6.92. The van der Waals surface area contributed by atoms with Gasteiger partial charge in [0, 0.05) is 0 Å². The molecule has 2 nitrogen and oxygen atoms in total. The van der Waals surface area contributed by atoms with Gasteiger partial charge in [0.1, 0.15) is 6.10 Å². The summed E-state index contributed by atoms with van der Waals surface area (Å²) in [4.78, 5) is 0. The fraction of sp³-hybridized carbons (Fsp3) is 1.00. The molecule has 18 heavy (non-hydrogen) atoms. The third kappa shape index (κ3) is 2.51. The van der Waals surface area contributed by atoms with Crippen LogP contribution in [0.2, 0.25) is 0 Å². The first-order valence-corrected chi connectivity index (χ1v) is 4.28. The van der Waals surface area contributed by atoms with Gasteiger partial charge in [-0.3, -0.25) is 0 Å². The van der Waals surface area contributed by atoms with Crippen molar-refractivity contribution in [3.05, 3.63) is 0 Å². The molecule has 0 saturated carbocycles. The van der Waals surface area contributed by atoms with E-state index >= 15 is 0 Å². The Morgan fingerprint density at radius 3 is 1.67 bits per heavy atom. The molecule has 108 valence electrons. The maximum absolute atomic E-state index is 12.6. The van der Waals surface area contributed by atoms with E-state index in [0.29, 0.717) is 0 Å². The van der Waals surface area contributed by atoms with E-state index in [1.54, 1.807) is 0 Å². The molecule has 1 aliphatic rings. The van der Waals surface area contributed by atoms with Crippen molar-refractivity contribution in [1.82, 2.24) is 0 Å². The second kappa shape index (κ2) is 4.15. The van der Waals surface area contributed by atoms with Crippen LogP contribution in [0.3, 0.4) is 0 Å². The molecule has 1 rings (SSSR count). The Morgan fingerprint density at radius 1 is 0.889 bits per heavy atom. The highest BCUT2D eigenvalue weighted by Gasteiger charge is 2.82. The molecule has 0 aromatic carbocycles. The number of epoxide rings is 1. The second-order valence-corrected chi connectivity index (χ2v) is 3.43. The summed E-state index contributed by atoms with van der Waals surface area (Å²) >= 11 is 0. The molecule has 1 atom stereocenters. The van der Waals surface area contributed by atoms with E-state index < -0.39 is 36.8 Å². The van der Waals surface area contributed by atoms with Crippen LogP contribution < -0.4 is 0 Å². The highest BCUT2D eigenvalue weighted by molar-refractivity contribution is 4.96. The third-order valence-corrected chi connectivity index (χ3v) is 1.97.